The molecule has 1 aromatic carbocycles. The van der Waals surface area contributed by atoms with Crippen LogP contribution < -0.4 is 5.32 Å². The summed E-state index contributed by atoms with van der Waals surface area (Å²) in [5.41, 5.74) is 3.27. The summed E-state index contributed by atoms with van der Waals surface area (Å²) in [6, 6.07) is 6.83. The van der Waals surface area contributed by atoms with Gasteiger partial charge in [-0.25, -0.2) is 19.4 Å². The van der Waals surface area contributed by atoms with Gasteiger partial charge in [0.05, 0.1) is 40.2 Å². The van der Waals surface area contributed by atoms with Crippen molar-refractivity contribution in [2.45, 2.75) is 53.2 Å². The molecule has 0 aliphatic carbocycles. The average Bonchev–Trinajstić information content (AvgIpc) is 3.15. The zero-order valence-electron chi connectivity index (χ0n) is 17.3. The van der Waals surface area contributed by atoms with Gasteiger partial charge in [-0.3, -0.25) is 4.79 Å². The minimum Gasteiger partial charge on any atom is -0.449 e. The lowest BCUT2D eigenvalue weighted by Gasteiger charge is -2.17. The van der Waals surface area contributed by atoms with E-state index in [1.807, 2.05) is 27.7 Å². The van der Waals surface area contributed by atoms with Crippen molar-refractivity contribution < 1.29 is 14.3 Å². The van der Waals surface area contributed by atoms with Crippen molar-refractivity contribution in [2.75, 3.05) is 5.32 Å². The van der Waals surface area contributed by atoms with Crippen molar-refractivity contribution in [3.05, 3.63) is 47.4 Å². The molecule has 29 heavy (non-hydrogen) atoms. The standard InChI is InChI=1S/C21H25N5O3/c1-6-12(2)26-19(9-10-22-26)25-20(27)15(5)29-21(28)16-7-8-17-18(11-16)24-14(4)13(3)23-17/h7-12,15H,6H2,1-5H3,(H,25,27)/t12-,15-/m0/s1. The molecule has 2 atom stereocenters. The lowest BCUT2D eigenvalue weighted by atomic mass is 10.2. The van der Waals surface area contributed by atoms with Crippen molar-refractivity contribution in [3.8, 4) is 0 Å². The Labute approximate surface area is 169 Å². The molecular formula is C21H25N5O3. The van der Waals surface area contributed by atoms with Crippen LogP contribution in [0.15, 0.2) is 30.5 Å². The second-order valence-corrected chi connectivity index (χ2v) is 7.05. The number of aryl methyl sites for hydroxylation is 2. The summed E-state index contributed by atoms with van der Waals surface area (Å²) in [6.45, 7) is 9.34. The van der Waals surface area contributed by atoms with Gasteiger partial charge in [-0.15, -0.1) is 0 Å². The third-order valence-electron chi connectivity index (χ3n) is 4.89. The van der Waals surface area contributed by atoms with E-state index in [-0.39, 0.29) is 6.04 Å². The van der Waals surface area contributed by atoms with Crippen molar-refractivity contribution in [3.63, 3.8) is 0 Å². The van der Waals surface area contributed by atoms with Gasteiger partial charge >= 0.3 is 5.97 Å². The number of nitrogens with one attached hydrogen (secondary N) is 1. The number of rotatable bonds is 6. The summed E-state index contributed by atoms with van der Waals surface area (Å²) in [5, 5.41) is 7.00. The van der Waals surface area contributed by atoms with E-state index in [1.165, 1.54) is 6.92 Å². The van der Waals surface area contributed by atoms with Crippen LogP contribution in [0.2, 0.25) is 0 Å². The normalized spacial score (nSPS) is 13.1. The molecule has 0 spiro atoms. The van der Waals surface area contributed by atoms with Gasteiger partial charge in [-0.1, -0.05) is 6.92 Å². The molecule has 0 saturated heterocycles. The van der Waals surface area contributed by atoms with Crippen LogP contribution in [0.1, 0.15) is 55.0 Å². The molecule has 8 heteroatoms. The number of carbonyl (C=O) groups excluding carboxylic acids is 2. The summed E-state index contributed by atoms with van der Waals surface area (Å²) in [6.07, 6.45) is 1.53. The SMILES string of the molecule is CC[C@H](C)n1nccc1NC(=O)[C@H](C)OC(=O)c1ccc2nc(C)c(C)nc2c1. The van der Waals surface area contributed by atoms with Crippen LogP contribution in [0.25, 0.3) is 11.0 Å². The highest BCUT2D eigenvalue weighted by Gasteiger charge is 2.21. The molecule has 3 rings (SSSR count). The molecule has 1 N–H and O–H groups in total. The first-order chi connectivity index (χ1) is 13.8. The molecule has 0 fully saturated rings. The van der Waals surface area contributed by atoms with Gasteiger partial charge in [0.1, 0.15) is 5.82 Å². The maximum Gasteiger partial charge on any atom is 0.338 e. The predicted molar refractivity (Wildman–Crippen MR) is 110 cm³/mol. The van der Waals surface area contributed by atoms with Crippen molar-refractivity contribution >= 4 is 28.7 Å². The van der Waals surface area contributed by atoms with E-state index in [4.69, 9.17) is 4.74 Å². The molecule has 0 aliphatic rings. The summed E-state index contributed by atoms with van der Waals surface area (Å²) in [4.78, 5) is 33.9. The van der Waals surface area contributed by atoms with Crippen LogP contribution >= 0.6 is 0 Å². The Kier molecular flexibility index (Phi) is 5.91. The Hall–Kier alpha value is -3.29. The van der Waals surface area contributed by atoms with E-state index >= 15 is 0 Å². The third kappa shape index (κ3) is 4.42. The molecule has 1 amide bonds. The van der Waals surface area contributed by atoms with Gasteiger partial charge in [0.15, 0.2) is 6.10 Å². The van der Waals surface area contributed by atoms with Gasteiger partial charge in [0.25, 0.3) is 5.91 Å². The van der Waals surface area contributed by atoms with E-state index in [0.717, 1.165) is 17.8 Å². The first-order valence-corrected chi connectivity index (χ1v) is 9.60. The van der Waals surface area contributed by atoms with E-state index in [9.17, 15) is 9.59 Å². The van der Waals surface area contributed by atoms with Crippen molar-refractivity contribution in [2.24, 2.45) is 0 Å². The monoisotopic (exact) mass is 395 g/mol. The number of hydrogen-bond donors (Lipinski definition) is 1. The topological polar surface area (TPSA) is 99.0 Å². The van der Waals surface area contributed by atoms with E-state index in [1.54, 1.807) is 35.1 Å². The quantitative estimate of drug-likeness (QED) is 0.640. The predicted octanol–water partition coefficient (Wildman–Crippen LogP) is 3.60. The van der Waals surface area contributed by atoms with Crippen LogP contribution in [-0.2, 0) is 9.53 Å². The van der Waals surface area contributed by atoms with E-state index < -0.39 is 18.0 Å². The number of fused-ring (bicyclic) bond motifs is 1. The number of esters is 1. The Bertz CT molecular complexity index is 1060. The second kappa shape index (κ2) is 8.38. The Balaban J connectivity index is 1.70. The minimum atomic E-state index is -0.968. The van der Waals surface area contributed by atoms with Gasteiger partial charge in [0.2, 0.25) is 0 Å². The molecule has 0 bridgehead atoms. The summed E-state index contributed by atoms with van der Waals surface area (Å²) in [7, 11) is 0. The lowest BCUT2D eigenvalue weighted by molar-refractivity contribution is -0.123. The zero-order chi connectivity index (χ0) is 21.1. The smallest absolute Gasteiger partial charge is 0.338 e. The number of ether oxygens (including phenoxy) is 1. The minimum absolute atomic E-state index is 0.143. The van der Waals surface area contributed by atoms with Crippen LogP contribution in [0, 0.1) is 13.8 Å². The molecule has 2 heterocycles. The number of carbonyl (C=O) groups is 2. The highest BCUT2D eigenvalue weighted by Crippen LogP contribution is 2.18. The molecule has 2 aromatic heterocycles. The van der Waals surface area contributed by atoms with Crippen molar-refractivity contribution in [1.29, 1.82) is 0 Å². The van der Waals surface area contributed by atoms with Gasteiger partial charge in [-0.05, 0) is 52.3 Å². The van der Waals surface area contributed by atoms with Crippen LogP contribution in [-0.4, -0.2) is 37.7 Å². The summed E-state index contributed by atoms with van der Waals surface area (Å²) in [5.74, 6) is -0.445. The highest BCUT2D eigenvalue weighted by atomic mass is 16.5. The number of aromatic nitrogens is 4. The molecular weight excluding hydrogens is 370 g/mol. The number of hydrogen-bond acceptors (Lipinski definition) is 6. The number of anilines is 1. The number of nitrogens with zero attached hydrogens (tertiary/aromatic N) is 4. The lowest BCUT2D eigenvalue weighted by Crippen LogP contribution is -2.31. The van der Waals surface area contributed by atoms with Gasteiger partial charge in [0, 0.05) is 6.07 Å². The van der Waals surface area contributed by atoms with E-state index in [2.05, 4.69) is 20.4 Å². The van der Waals surface area contributed by atoms with Crippen LogP contribution in [0.4, 0.5) is 5.82 Å². The molecule has 8 nitrogen and oxygen atoms in total. The summed E-state index contributed by atoms with van der Waals surface area (Å²) < 4.78 is 7.08. The third-order valence-corrected chi connectivity index (χ3v) is 4.89. The zero-order valence-corrected chi connectivity index (χ0v) is 17.3. The number of amides is 1. The van der Waals surface area contributed by atoms with Crippen LogP contribution in [0.5, 0.6) is 0 Å². The molecule has 0 aliphatic heterocycles. The fraction of sp³-hybridized carbons (Fsp3) is 0.381. The average molecular weight is 395 g/mol. The summed E-state index contributed by atoms with van der Waals surface area (Å²) >= 11 is 0. The maximum atomic E-state index is 12.5. The van der Waals surface area contributed by atoms with E-state index in [0.29, 0.717) is 22.4 Å². The molecule has 0 radical (unpaired) electrons. The molecule has 0 unspecified atom stereocenters. The van der Waals surface area contributed by atoms with Crippen molar-refractivity contribution in [1.82, 2.24) is 19.7 Å². The molecule has 152 valence electrons. The first-order valence-electron chi connectivity index (χ1n) is 9.60. The Morgan fingerprint density at radius 1 is 1.10 bits per heavy atom. The fourth-order valence-corrected chi connectivity index (χ4v) is 2.81. The largest absolute Gasteiger partial charge is 0.449 e. The second-order valence-electron chi connectivity index (χ2n) is 7.05. The Morgan fingerprint density at radius 2 is 1.79 bits per heavy atom. The number of benzene rings is 1. The first kappa shape index (κ1) is 20.4. The van der Waals surface area contributed by atoms with Gasteiger partial charge in [-0.2, -0.15) is 5.10 Å². The van der Waals surface area contributed by atoms with Crippen LogP contribution in [0.3, 0.4) is 0 Å². The Morgan fingerprint density at radius 3 is 2.48 bits per heavy atom. The maximum absolute atomic E-state index is 12.5. The van der Waals surface area contributed by atoms with Gasteiger partial charge < -0.3 is 10.1 Å². The highest BCUT2D eigenvalue weighted by molar-refractivity contribution is 5.98. The molecule has 0 saturated carbocycles. The fourth-order valence-electron chi connectivity index (χ4n) is 2.81. The molecule has 3 aromatic rings.